The second kappa shape index (κ2) is 5.34. The third-order valence-corrected chi connectivity index (χ3v) is 3.57. The third-order valence-electron chi connectivity index (χ3n) is 3.57. The Bertz CT molecular complexity index is 786. The molecule has 0 saturated heterocycles. The number of imide groups is 1. The van der Waals surface area contributed by atoms with Crippen molar-refractivity contribution in [3.8, 4) is 5.75 Å². The minimum absolute atomic E-state index is 0.186. The van der Waals surface area contributed by atoms with Crippen LogP contribution in [0.4, 0.5) is 5.69 Å². The number of nitrogens with zero attached hydrogens (tertiary/aromatic N) is 2. The van der Waals surface area contributed by atoms with Gasteiger partial charge in [-0.2, -0.15) is 0 Å². The Labute approximate surface area is 127 Å². The first-order valence-corrected chi connectivity index (χ1v) is 6.65. The lowest BCUT2D eigenvalue weighted by atomic mass is 10.1. The lowest BCUT2D eigenvalue weighted by Gasteiger charge is -2.15. The fraction of sp³-hybridized carbons (Fsp3) is 0.118. The summed E-state index contributed by atoms with van der Waals surface area (Å²) in [6.45, 7) is 7.12. The Morgan fingerprint density at radius 3 is 2.27 bits per heavy atom. The van der Waals surface area contributed by atoms with Crippen molar-refractivity contribution in [2.75, 3.05) is 12.0 Å². The molecular formula is C17H12N2O3. The van der Waals surface area contributed by atoms with Gasteiger partial charge in [-0.05, 0) is 24.3 Å². The molecule has 0 fully saturated rings. The van der Waals surface area contributed by atoms with Crippen molar-refractivity contribution in [1.82, 2.24) is 0 Å². The van der Waals surface area contributed by atoms with E-state index in [-0.39, 0.29) is 18.4 Å². The van der Waals surface area contributed by atoms with Crippen LogP contribution in [0.5, 0.6) is 5.75 Å². The van der Waals surface area contributed by atoms with Crippen LogP contribution in [0.3, 0.4) is 0 Å². The highest BCUT2D eigenvalue weighted by atomic mass is 16.5. The highest BCUT2D eigenvalue weighted by Gasteiger charge is 2.36. The zero-order valence-corrected chi connectivity index (χ0v) is 11.9. The average Bonchev–Trinajstić information content (AvgIpc) is 2.80. The Hall–Kier alpha value is -3.13. The number of anilines is 1. The number of amides is 2. The zero-order valence-electron chi connectivity index (χ0n) is 11.9. The van der Waals surface area contributed by atoms with Crippen LogP contribution in [0.2, 0.25) is 0 Å². The molecule has 0 N–H and O–H groups in total. The summed E-state index contributed by atoms with van der Waals surface area (Å²) in [5.74, 6) is -0.203. The maximum Gasteiger partial charge on any atom is 0.266 e. The number of ether oxygens (including phenoxy) is 1. The lowest BCUT2D eigenvalue weighted by Crippen LogP contribution is -2.29. The lowest BCUT2D eigenvalue weighted by molar-refractivity contribution is 0.0926. The Morgan fingerprint density at radius 2 is 1.73 bits per heavy atom. The van der Waals surface area contributed by atoms with Gasteiger partial charge in [-0.25, -0.2) is 11.5 Å². The van der Waals surface area contributed by atoms with Gasteiger partial charge in [-0.3, -0.25) is 9.59 Å². The van der Waals surface area contributed by atoms with Crippen molar-refractivity contribution < 1.29 is 14.3 Å². The predicted octanol–water partition coefficient (Wildman–Crippen LogP) is 2.92. The smallest absolute Gasteiger partial charge is 0.266 e. The quantitative estimate of drug-likeness (QED) is 0.645. The van der Waals surface area contributed by atoms with Gasteiger partial charge in [0.2, 0.25) is 6.54 Å². The maximum atomic E-state index is 12.4. The van der Waals surface area contributed by atoms with Gasteiger partial charge in [0, 0.05) is 6.07 Å². The van der Waals surface area contributed by atoms with Crippen molar-refractivity contribution in [2.45, 2.75) is 6.54 Å². The molecule has 2 amide bonds. The van der Waals surface area contributed by atoms with Crippen LogP contribution in [0.1, 0.15) is 26.3 Å². The molecule has 0 spiro atoms. The standard InChI is InChI=1S/C17H12N2O3/c1-18-10-11-7-8-12(9-15(11)22-2)19-16(20)13-5-3-4-6-14(13)17(19)21/h3-9H,10H2,2H3. The molecule has 0 unspecified atom stereocenters. The fourth-order valence-electron chi connectivity index (χ4n) is 2.51. The molecule has 0 aromatic heterocycles. The van der Waals surface area contributed by atoms with Gasteiger partial charge >= 0.3 is 0 Å². The summed E-state index contributed by atoms with van der Waals surface area (Å²) >= 11 is 0. The number of methoxy groups -OCH3 is 1. The second-order valence-electron chi connectivity index (χ2n) is 4.80. The van der Waals surface area contributed by atoms with Crippen LogP contribution in [0, 0.1) is 6.57 Å². The molecule has 1 aliphatic heterocycles. The van der Waals surface area contributed by atoms with Crippen LogP contribution in [-0.4, -0.2) is 18.9 Å². The molecule has 2 aromatic carbocycles. The molecular weight excluding hydrogens is 280 g/mol. The molecule has 22 heavy (non-hydrogen) atoms. The van der Waals surface area contributed by atoms with Gasteiger partial charge in [0.15, 0.2) is 0 Å². The normalized spacial score (nSPS) is 13.0. The number of fused-ring (bicyclic) bond motifs is 1. The van der Waals surface area contributed by atoms with E-state index in [1.54, 1.807) is 42.5 Å². The SMILES string of the molecule is [C-]#[N+]Cc1ccc(N2C(=O)c3ccccc3C2=O)cc1OC. The molecule has 1 heterocycles. The molecule has 2 aromatic rings. The van der Waals surface area contributed by atoms with E-state index in [1.807, 2.05) is 0 Å². The summed E-state index contributed by atoms with van der Waals surface area (Å²) in [6.07, 6.45) is 0. The van der Waals surface area contributed by atoms with Crippen LogP contribution < -0.4 is 9.64 Å². The number of benzene rings is 2. The van der Waals surface area contributed by atoms with Crippen molar-refractivity contribution in [3.05, 3.63) is 70.6 Å². The number of carbonyl (C=O) groups is 2. The number of hydrogen-bond donors (Lipinski definition) is 0. The van der Waals surface area contributed by atoms with E-state index in [0.29, 0.717) is 22.6 Å². The third kappa shape index (κ3) is 2.02. The topological polar surface area (TPSA) is 51.0 Å². The zero-order chi connectivity index (χ0) is 15.7. The Morgan fingerprint density at radius 1 is 1.09 bits per heavy atom. The minimum atomic E-state index is -0.347. The minimum Gasteiger partial charge on any atom is -0.496 e. The maximum absolute atomic E-state index is 12.4. The molecule has 0 saturated carbocycles. The number of carbonyl (C=O) groups excluding carboxylic acids is 2. The van der Waals surface area contributed by atoms with E-state index in [1.165, 1.54) is 7.11 Å². The molecule has 108 valence electrons. The van der Waals surface area contributed by atoms with E-state index >= 15 is 0 Å². The van der Waals surface area contributed by atoms with E-state index in [2.05, 4.69) is 4.85 Å². The summed E-state index contributed by atoms with van der Waals surface area (Å²) in [7, 11) is 1.49. The first-order chi connectivity index (χ1) is 10.7. The van der Waals surface area contributed by atoms with Gasteiger partial charge in [0.25, 0.3) is 11.8 Å². The van der Waals surface area contributed by atoms with E-state index in [9.17, 15) is 9.59 Å². The van der Waals surface area contributed by atoms with Gasteiger partial charge in [-0.1, -0.05) is 12.1 Å². The van der Waals surface area contributed by atoms with Crippen LogP contribution in [-0.2, 0) is 6.54 Å². The van der Waals surface area contributed by atoms with Crippen molar-refractivity contribution in [3.63, 3.8) is 0 Å². The largest absolute Gasteiger partial charge is 0.496 e. The van der Waals surface area contributed by atoms with E-state index in [0.717, 1.165) is 10.5 Å². The van der Waals surface area contributed by atoms with Crippen LogP contribution in [0.25, 0.3) is 4.85 Å². The number of rotatable bonds is 3. The Balaban J connectivity index is 2.05. The first-order valence-electron chi connectivity index (χ1n) is 6.65. The van der Waals surface area contributed by atoms with Gasteiger partial charge in [0.05, 0.1) is 29.5 Å². The van der Waals surface area contributed by atoms with Crippen molar-refractivity contribution >= 4 is 17.5 Å². The van der Waals surface area contributed by atoms with Gasteiger partial charge in [-0.15, -0.1) is 0 Å². The van der Waals surface area contributed by atoms with Crippen LogP contribution in [0.15, 0.2) is 42.5 Å². The first kappa shape index (κ1) is 13.8. The molecule has 0 radical (unpaired) electrons. The molecule has 5 heteroatoms. The molecule has 5 nitrogen and oxygen atoms in total. The number of hydrogen-bond acceptors (Lipinski definition) is 3. The summed E-state index contributed by atoms with van der Waals surface area (Å²) in [5.41, 5.74) is 1.96. The summed E-state index contributed by atoms with van der Waals surface area (Å²) in [6, 6.07) is 11.7. The summed E-state index contributed by atoms with van der Waals surface area (Å²) in [4.78, 5) is 29.3. The Kier molecular flexibility index (Phi) is 3.36. The molecule has 0 atom stereocenters. The fourth-order valence-corrected chi connectivity index (χ4v) is 2.51. The van der Waals surface area contributed by atoms with E-state index in [4.69, 9.17) is 11.3 Å². The highest BCUT2D eigenvalue weighted by molar-refractivity contribution is 6.34. The average molecular weight is 292 g/mol. The molecule has 3 rings (SSSR count). The summed E-state index contributed by atoms with van der Waals surface area (Å²) in [5, 5.41) is 0. The van der Waals surface area contributed by atoms with Crippen molar-refractivity contribution in [1.29, 1.82) is 0 Å². The summed E-state index contributed by atoms with van der Waals surface area (Å²) < 4.78 is 5.25. The second-order valence-corrected chi connectivity index (χ2v) is 4.80. The van der Waals surface area contributed by atoms with E-state index < -0.39 is 0 Å². The van der Waals surface area contributed by atoms with Crippen molar-refractivity contribution in [2.24, 2.45) is 0 Å². The van der Waals surface area contributed by atoms with Crippen LogP contribution >= 0.6 is 0 Å². The monoisotopic (exact) mass is 292 g/mol. The van der Waals surface area contributed by atoms with Gasteiger partial charge in [0.1, 0.15) is 5.75 Å². The highest BCUT2D eigenvalue weighted by Crippen LogP contribution is 2.32. The molecule has 1 aliphatic rings. The predicted molar refractivity (Wildman–Crippen MR) is 80.9 cm³/mol. The van der Waals surface area contributed by atoms with Gasteiger partial charge < -0.3 is 9.58 Å². The molecule has 0 aliphatic carbocycles. The molecule has 0 bridgehead atoms.